The molecule has 0 spiro atoms. The summed E-state index contributed by atoms with van der Waals surface area (Å²) in [6.45, 7) is 0.882. The number of aromatic nitrogens is 2. The number of rotatable bonds is 4. The predicted octanol–water partition coefficient (Wildman–Crippen LogP) is 3.45. The highest BCUT2D eigenvalue weighted by Gasteiger charge is 2.35. The average molecular weight is 385 g/mol. The quantitative estimate of drug-likeness (QED) is 0.588. The van der Waals surface area contributed by atoms with Gasteiger partial charge in [-0.2, -0.15) is 18.2 Å². The maximum Gasteiger partial charge on any atom is 0.416 e. The maximum absolute atomic E-state index is 12.8. The summed E-state index contributed by atoms with van der Waals surface area (Å²) in [4.78, 5) is 18.2. The summed E-state index contributed by atoms with van der Waals surface area (Å²) in [6.07, 6.45) is -3.42. The van der Waals surface area contributed by atoms with E-state index in [1.165, 1.54) is 0 Å². The van der Waals surface area contributed by atoms with Crippen molar-refractivity contribution < 1.29 is 22.6 Å². The third-order valence-electron chi connectivity index (χ3n) is 4.52. The minimum Gasteiger partial charge on any atom is -0.366 e. The first-order chi connectivity index (χ1) is 12.7. The third kappa shape index (κ3) is 3.96. The van der Waals surface area contributed by atoms with Crippen LogP contribution in [0.25, 0.3) is 0 Å². The molecule has 0 bridgehead atoms. The Kier molecular flexibility index (Phi) is 4.94. The van der Waals surface area contributed by atoms with E-state index in [2.05, 4.69) is 10.1 Å². The Morgan fingerprint density at radius 2 is 1.96 bits per heavy atom. The van der Waals surface area contributed by atoms with E-state index in [9.17, 15) is 23.3 Å². The van der Waals surface area contributed by atoms with E-state index in [-0.39, 0.29) is 11.6 Å². The largest absolute Gasteiger partial charge is 0.416 e. The summed E-state index contributed by atoms with van der Waals surface area (Å²) in [5.41, 5.74) is -1.39. The van der Waals surface area contributed by atoms with Gasteiger partial charge in [-0.05, 0) is 30.1 Å². The first kappa shape index (κ1) is 18.9. The van der Waals surface area contributed by atoms with Gasteiger partial charge in [0.05, 0.1) is 10.5 Å². The van der Waals surface area contributed by atoms with E-state index >= 15 is 0 Å². The number of nitro groups is 1. The number of nitrogens with zero attached hydrogens (tertiary/aromatic N) is 5. The number of piperidine rings is 1. The summed E-state index contributed by atoms with van der Waals surface area (Å²) < 4.78 is 43.8. The zero-order valence-corrected chi connectivity index (χ0v) is 14.7. The van der Waals surface area contributed by atoms with Gasteiger partial charge < -0.3 is 14.3 Å². The molecule has 0 atom stereocenters. The lowest BCUT2D eigenvalue weighted by Crippen LogP contribution is -2.33. The van der Waals surface area contributed by atoms with Crippen LogP contribution in [0.2, 0.25) is 0 Å². The van der Waals surface area contributed by atoms with Gasteiger partial charge in [-0.25, -0.2) is 0 Å². The fraction of sp³-hybridized carbons (Fsp3) is 0.500. The van der Waals surface area contributed by atoms with Crippen LogP contribution in [0.3, 0.4) is 0 Å². The molecule has 0 aliphatic carbocycles. The summed E-state index contributed by atoms with van der Waals surface area (Å²) in [6, 6.07) is 2.62. The molecule has 0 radical (unpaired) electrons. The van der Waals surface area contributed by atoms with Gasteiger partial charge in [0.2, 0.25) is 5.89 Å². The van der Waals surface area contributed by atoms with Crippen molar-refractivity contribution >= 4 is 17.3 Å². The van der Waals surface area contributed by atoms with Crippen molar-refractivity contribution in [2.75, 3.05) is 37.0 Å². The molecule has 146 valence electrons. The molecule has 1 aliphatic heterocycles. The molecule has 0 amide bonds. The number of benzene rings is 1. The summed E-state index contributed by atoms with van der Waals surface area (Å²) >= 11 is 0. The molecular weight excluding hydrogens is 367 g/mol. The molecule has 2 aromatic rings. The fourth-order valence-corrected chi connectivity index (χ4v) is 3.06. The lowest BCUT2D eigenvalue weighted by molar-refractivity contribution is -0.384. The number of hydrogen-bond donors (Lipinski definition) is 0. The lowest BCUT2D eigenvalue weighted by Gasteiger charge is -2.31. The van der Waals surface area contributed by atoms with Gasteiger partial charge in [0.25, 0.3) is 11.6 Å². The molecule has 27 heavy (non-hydrogen) atoms. The van der Waals surface area contributed by atoms with Crippen LogP contribution in [-0.2, 0) is 6.18 Å². The molecule has 1 saturated heterocycles. The maximum atomic E-state index is 12.8. The van der Waals surface area contributed by atoms with Crippen molar-refractivity contribution in [1.82, 2.24) is 10.1 Å². The second-order valence-corrected chi connectivity index (χ2v) is 6.55. The topological polar surface area (TPSA) is 88.5 Å². The lowest BCUT2D eigenvalue weighted by atomic mass is 9.96. The molecule has 1 aliphatic rings. The van der Waals surface area contributed by atoms with Crippen molar-refractivity contribution in [1.29, 1.82) is 0 Å². The second-order valence-electron chi connectivity index (χ2n) is 6.55. The molecule has 3 rings (SSSR count). The van der Waals surface area contributed by atoms with Crippen molar-refractivity contribution in [2.24, 2.45) is 0 Å². The van der Waals surface area contributed by atoms with Gasteiger partial charge in [0, 0.05) is 39.2 Å². The predicted molar refractivity (Wildman–Crippen MR) is 90.9 cm³/mol. The SMILES string of the molecule is CN(C)c1noc(C2CCN(c3ccc(C(F)(F)F)cc3[N+](=O)[O-])CC2)n1. The van der Waals surface area contributed by atoms with Crippen molar-refractivity contribution in [2.45, 2.75) is 24.9 Å². The molecule has 11 heteroatoms. The zero-order valence-electron chi connectivity index (χ0n) is 14.7. The Morgan fingerprint density at radius 1 is 1.30 bits per heavy atom. The fourth-order valence-electron chi connectivity index (χ4n) is 3.06. The Balaban J connectivity index is 1.76. The average Bonchev–Trinajstić information content (AvgIpc) is 3.11. The smallest absolute Gasteiger partial charge is 0.366 e. The van der Waals surface area contributed by atoms with Gasteiger partial charge in [-0.3, -0.25) is 10.1 Å². The molecule has 1 aromatic heterocycles. The normalized spacial score (nSPS) is 15.8. The van der Waals surface area contributed by atoms with E-state index in [0.717, 1.165) is 12.1 Å². The van der Waals surface area contributed by atoms with Crippen LogP contribution in [0.4, 0.5) is 30.5 Å². The van der Waals surface area contributed by atoms with Gasteiger partial charge in [-0.1, -0.05) is 0 Å². The molecule has 0 N–H and O–H groups in total. The Hall–Kier alpha value is -2.85. The molecule has 0 unspecified atom stereocenters. The zero-order chi connectivity index (χ0) is 19.8. The number of hydrogen-bond acceptors (Lipinski definition) is 7. The standard InChI is InChI=1S/C16H18F3N5O3/c1-22(2)15-20-14(27-21-15)10-5-7-23(8-6-10)12-4-3-11(16(17,18)19)9-13(12)24(25)26/h3-4,9-10H,5-8H2,1-2H3. The highest BCUT2D eigenvalue weighted by Crippen LogP contribution is 2.38. The Morgan fingerprint density at radius 3 is 2.48 bits per heavy atom. The van der Waals surface area contributed by atoms with Crippen LogP contribution in [0.15, 0.2) is 22.7 Å². The first-order valence-electron chi connectivity index (χ1n) is 8.28. The first-order valence-corrected chi connectivity index (χ1v) is 8.28. The van der Waals surface area contributed by atoms with Gasteiger partial charge in [0.1, 0.15) is 5.69 Å². The van der Waals surface area contributed by atoms with Crippen molar-refractivity contribution in [3.63, 3.8) is 0 Å². The Labute approximate surface area is 152 Å². The van der Waals surface area contributed by atoms with Crippen molar-refractivity contribution in [3.05, 3.63) is 39.8 Å². The van der Waals surface area contributed by atoms with Crippen LogP contribution in [-0.4, -0.2) is 42.2 Å². The molecule has 8 nitrogen and oxygen atoms in total. The van der Waals surface area contributed by atoms with Crippen LogP contribution in [0, 0.1) is 10.1 Å². The van der Waals surface area contributed by atoms with E-state index in [1.54, 1.807) is 23.9 Å². The monoisotopic (exact) mass is 385 g/mol. The molecule has 2 heterocycles. The summed E-state index contributed by atoms with van der Waals surface area (Å²) in [5.74, 6) is 0.974. The number of nitro benzene ring substituents is 1. The molecule has 1 fully saturated rings. The van der Waals surface area contributed by atoms with Crippen LogP contribution >= 0.6 is 0 Å². The highest BCUT2D eigenvalue weighted by atomic mass is 19.4. The summed E-state index contributed by atoms with van der Waals surface area (Å²) in [7, 11) is 3.59. The van der Waals surface area contributed by atoms with E-state index in [4.69, 9.17) is 4.52 Å². The van der Waals surface area contributed by atoms with E-state index in [1.807, 2.05) is 0 Å². The third-order valence-corrected chi connectivity index (χ3v) is 4.52. The second kappa shape index (κ2) is 7.05. The van der Waals surface area contributed by atoms with Crippen LogP contribution < -0.4 is 9.80 Å². The highest BCUT2D eigenvalue weighted by molar-refractivity contribution is 5.65. The number of halogens is 3. The summed E-state index contributed by atoms with van der Waals surface area (Å²) in [5, 5.41) is 15.1. The van der Waals surface area contributed by atoms with Gasteiger partial charge in [0.15, 0.2) is 0 Å². The minimum atomic E-state index is -4.63. The van der Waals surface area contributed by atoms with Crippen LogP contribution in [0.1, 0.15) is 30.2 Å². The molecule has 1 aromatic carbocycles. The van der Waals surface area contributed by atoms with Gasteiger partial charge >= 0.3 is 6.18 Å². The number of anilines is 2. The molecular formula is C16H18F3N5O3. The van der Waals surface area contributed by atoms with Crippen molar-refractivity contribution in [3.8, 4) is 0 Å². The molecule has 0 saturated carbocycles. The number of alkyl halides is 3. The Bertz CT molecular complexity index is 829. The van der Waals surface area contributed by atoms with E-state index in [0.29, 0.717) is 43.8 Å². The van der Waals surface area contributed by atoms with Gasteiger partial charge in [-0.15, -0.1) is 0 Å². The van der Waals surface area contributed by atoms with E-state index < -0.39 is 22.4 Å². The minimum absolute atomic E-state index is 0.0101. The van der Waals surface area contributed by atoms with Crippen LogP contribution in [0.5, 0.6) is 0 Å².